The van der Waals surface area contributed by atoms with Crippen LogP contribution in [0.4, 0.5) is 0 Å². The molecule has 0 aliphatic carbocycles. The van der Waals surface area contributed by atoms with Crippen LogP contribution in [0.1, 0.15) is 43.4 Å². The predicted molar refractivity (Wildman–Crippen MR) is 196 cm³/mol. The summed E-state index contributed by atoms with van der Waals surface area (Å²) in [6, 6.07) is 28.4. The summed E-state index contributed by atoms with van der Waals surface area (Å²) < 4.78 is 14.7. The number of benzene rings is 3. The molecule has 3 rings (SSSR count). The molecular weight excluding hydrogens is 703 g/mol. The van der Waals surface area contributed by atoms with Crippen molar-refractivity contribution >= 4 is 29.3 Å². The number of carbonyl (C=O) groups excluding carboxylic acids is 5. The fourth-order valence-corrected chi connectivity index (χ4v) is 4.58. The summed E-state index contributed by atoms with van der Waals surface area (Å²) >= 11 is 0. The van der Waals surface area contributed by atoms with Crippen LogP contribution in [0.15, 0.2) is 91.0 Å². The third-order valence-corrected chi connectivity index (χ3v) is 7.16. The molecule has 3 amide bonds. The minimum atomic E-state index is -0.598. The number of hydrogen-bond donors (Lipinski definition) is 4. The minimum absolute atomic E-state index is 0. The average Bonchev–Trinajstić information content (AvgIpc) is 3.13. The van der Waals surface area contributed by atoms with Gasteiger partial charge in [0, 0.05) is 72.4 Å². The van der Waals surface area contributed by atoms with Crippen LogP contribution in [0.25, 0.3) is 0 Å². The van der Waals surface area contributed by atoms with Gasteiger partial charge in [-0.3, -0.25) is 14.4 Å². The molecule has 13 heteroatoms. The third kappa shape index (κ3) is 22.6. The summed E-state index contributed by atoms with van der Waals surface area (Å²) in [5.74, 6) is -1.31. The van der Waals surface area contributed by atoms with Crippen molar-refractivity contribution in [2.75, 3.05) is 41.2 Å². The molecule has 0 saturated carbocycles. The number of ketones is 2. The van der Waals surface area contributed by atoms with Crippen LogP contribution in [-0.2, 0) is 76.4 Å². The van der Waals surface area contributed by atoms with Gasteiger partial charge in [0.15, 0.2) is 0 Å². The number of hydrogen-bond acceptors (Lipinski definition) is 9. The van der Waals surface area contributed by atoms with Gasteiger partial charge in [-0.25, -0.2) is 0 Å². The van der Waals surface area contributed by atoms with Gasteiger partial charge in [-0.05, 0) is 30.5 Å². The van der Waals surface area contributed by atoms with E-state index in [1.165, 1.54) is 35.2 Å². The second-order valence-corrected chi connectivity index (χ2v) is 11.8. The molecule has 0 fully saturated rings. The van der Waals surface area contributed by atoms with Crippen LogP contribution in [-0.4, -0.2) is 76.5 Å². The van der Waals surface area contributed by atoms with E-state index in [1.807, 2.05) is 91.0 Å². The zero-order chi connectivity index (χ0) is 37.9. The molecule has 0 bridgehead atoms. The number of nitrogens with two attached hydrogens (primary N) is 1. The van der Waals surface area contributed by atoms with Gasteiger partial charge in [-0.1, -0.05) is 91.0 Å². The van der Waals surface area contributed by atoms with E-state index >= 15 is 0 Å². The quantitative estimate of drug-likeness (QED) is 0.143. The van der Waals surface area contributed by atoms with Gasteiger partial charge >= 0.3 is 0 Å². The molecule has 283 valence electrons. The number of methoxy groups -OCH3 is 3. The summed E-state index contributed by atoms with van der Waals surface area (Å²) in [4.78, 5) is 57.3. The van der Waals surface area contributed by atoms with Gasteiger partial charge in [0.2, 0.25) is 17.7 Å². The van der Waals surface area contributed by atoms with Crippen molar-refractivity contribution < 1.29 is 56.7 Å². The Morgan fingerprint density at radius 1 is 0.519 bits per heavy atom. The normalized spacial score (nSPS) is 11.7. The van der Waals surface area contributed by atoms with Crippen molar-refractivity contribution in [3.8, 4) is 0 Å². The Kier molecular flexibility index (Phi) is 27.1. The maximum absolute atomic E-state index is 11.9. The van der Waals surface area contributed by atoms with Crippen LogP contribution in [0.3, 0.4) is 0 Å². The summed E-state index contributed by atoms with van der Waals surface area (Å²) in [5, 5.41) is 8.38. The second kappa shape index (κ2) is 29.4. The van der Waals surface area contributed by atoms with E-state index in [0.29, 0.717) is 19.6 Å². The van der Waals surface area contributed by atoms with Crippen LogP contribution in [0, 0.1) is 11.8 Å². The van der Waals surface area contributed by atoms with E-state index in [2.05, 4.69) is 16.0 Å². The first-order valence-corrected chi connectivity index (χ1v) is 16.7. The van der Waals surface area contributed by atoms with E-state index in [0.717, 1.165) is 16.7 Å². The number of ether oxygens (including phenoxy) is 3. The van der Waals surface area contributed by atoms with Gasteiger partial charge in [0.25, 0.3) is 0 Å². The van der Waals surface area contributed by atoms with Crippen molar-refractivity contribution in [1.82, 2.24) is 16.0 Å². The van der Waals surface area contributed by atoms with E-state index in [-0.39, 0.29) is 80.5 Å². The van der Waals surface area contributed by atoms with Crippen molar-refractivity contribution in [3.05, 3.63) is 108 Å². The van der Waals surface area contributed by atoms with Crippen molar-refractivity contribution in [2.45, 2.75) is 52.4 Å². The van der Waals surface area contributed by atoms with Gasteiger partial charge in [0.1, 0.15) is 17.6 Å². The second-order valence-electron chi connectivity index (χ2n) is 11.8. The monoisotopic (exact) mass is 757 g/mol. The Morgan fingerprint density at radius 3 is 1.08 bits per heavy atom. The van der Waals surface area contributed by atoms with Crippen molar-refractivity contribution in [2.24, 2.45) is 17.6 Å². The number of rotatable bonds is 19. The van der Waals surface area contributed by atoms with Crippen LogP contribution in [0.2, 0.25) is 0 Å². The summed E-state index contributed by atoms with van der Waals surface area (Å²) in [5.41, 5.74) is 8.67. The summed E-state index contributed by atoms with van der Waals surface area (Å²) in [6.45, 7) is 5.16. The molecule has 5 N–H and O–H groups in total. The van der Waals surface area contributed by atoms with Gasteiger partial charge < -0.3 is 45.5 Å². The minimum Gasteiger partial charge on any atom is -0.384 e. The summed E-state index contributed by atoms with van der Waals surface area (Å²) in [6.07, 6.45) is 0.433. The largest absolute Gasteiger partial charge is 0.384 e. The van der Waals surface area contributed by atoms with Gasteiger partial charge in [-0.2, -0.15) is 0 Å². The van der Waals surface area contributed by atoms with Crippen molar-refractivity contribution in [1.29, 1.82) is 0 Å². The standard InChI is InChI=1S/2C14H19NO3.C11H16N2O2.V/c2*1-11(16)8-13(10-18-2)14(17)15-9-12-6-4-3-5-7-12;1-15-8-10(12)11(14)13-7-9-5-3-2-4-6-9;/h2*3-7,13H,8-10H2,1-2H3,(H,15,17);2-6,10H,7-8,12H2,1H3,(H,13,14);/t13-;;10-;/m1.0./s1. The molecule has 0 aliphatic rings. The van der Waals surface area contributed by atoms with Gasteiger partial charge in [0.05, 0.1) is 31.7 Å². The Labute approximate surface area is 319 Å². The van der Waals surface area contributed by atoms with Crippen LogP contribution >= 0.6 is 0 Å². The maximum Gasteiger partial charge on any atom is 0.239 e. The zero-order valence-corrected chi connectivity index (χ0v) is 32.2. The van der Waals surface area contributed by atoms with E-state index in [1.54, 1.807) is 0 Å². The molecule has 0 spiro atoms. The Morgan fingerprint density at radius 2 is 0.808 bits per heavy atom. The number of Topliss-reactive ketones (excluding diaryl/α,β-unsaturated/α-hetero) is 2. The summed E-state index contributed by atoms with van der Waals surface area (Å²) in [7, 11) is 4.57. The first kappa shape index (κ1) is 47.8. The third-order valence-electron chi connectivity index (χ3n) is 7.16. The van der Waals surface area contributed by atoms with Gasteiger partial charge in [-0.15, -0.1) is 0 Å². The zero-order valence-electron chi connectivity index (χ0n) is 30.8. The molecule has 3 aromatic rings. The Balaban J connectivity index is 0.000000747. The smallest absolute Gasteiger partial charge is 0.239 e. The maximum atomic E-state index is 11.9. The molecule has 3 atom stereocenters. The first-order valence-electron chi connectivity index (χ1n) is 16.7. The molecule has 0 saturated heterocycles. The van der Waals surface area contributed by atoms with E-state index in [9.17, 15) is 24.0 Å². The van der Waals surface area contributed by atoms with Crippen LogP contribution in [0.5, 0.6) is 0 Å². The molecule has 1 unspecified atom stereocenters. The molecule has 0 aromatic heterocycles. The fraction of sp³-hybridized carbons (Fsp3) is 0.410. The SMILES string of the molecule is COCC(CC(C)=O)C(=O)NCc1ccccc1.COC[C@@H](CC(C)=O)C(=O)NCc1ccccc1.COC[C@H](N)C(=O)NCc1ccccc1.[V]. The van der Waals surface area contributed by atoms with E-state index < -0.39 is 17.9 Å². The van der Waals surface area contributed by atoms with Crippen LogP contribution < -0.4 is 21.7 Å². The molecular formula is C39H54N4O8V. The average molecular weight is 758 g/mol. The fourth-order valence-electron chi connectivity index (χ4n) is 4.58. The molecule has 3 aromatic carbocycles. The Bertz CT molecular complexity index is 1350. The number of carbonyl (C=O) groups is 5. The first-order chi connectivity index (χ1) is 24.5. The number of nitrogens with one attached hydrogen (secondary N) is 3. The number of amides is 3. The van der Waals surface area contributed by atoms with E-state index in [4.69, 9.17) is 19.9 Å². The molecule has 0 aliphatic heterocycles. The molecule has 1 radical (unpaired) electrons. The topological polar surface area (TPSA) is 175 Å². The predicted octanol–water partition coefficient (Wildman–Crippen LogP) is 3.36. The van der Waals surface area contributed by atoms with Crippen molar-refractivity contribution in [3.63, 3.8) is 0 Å². The molecule has 52 heavy (non-hydrogen) atoms. The molecule has 12 nitrogen and oxygen atoms in total. The Hall–Kier alpha value is -4.17. The molecule has 0 heterocycles.